The summed E-state index contributed by atoms with van der Waals surface area (Å²) in [6.07, 6.45) is -1.34. The van der Waals surface area contributed by atoms with Crippen LogP contribution in [0, 0.1) is 20.2 Å². The van der Waals surface area contributed by atoms with Crippen molar-refractivity contribution in [2.45, 2.75) is 12.5 Å². The zero-order chi connectivity index (χ0) is 17.0. The number of nitro groups is 2. The number of non-ortho nitro benzene ring substituents is 2. The van der Waals surface area contributed by atoms with Crippen LogP contribution in [-0.2, 0) is 0 Å². The molecule has 0 saturated carbocycles. The summed E-state index contributed by atoms with van der Waals surface area (Å²) in [5.74, 6) is -0.384. The Morgan fingerprint density at radius 2 is 1.35 bits per heavy atom. The van der Waals surface area contributed by atoms with Crippen LogP contribution < -0.4 is 0 Å². The highest BCUT2D eigenvalue weighted by Gasteiger charge is 2.16. The topological polar surface area (TPSA) is 124 Å². The first-order chi connectivity index (χ1) is 10.9. The first-order valence-electron chi connectivity index (χ1n) is 6.58. The van der Waals surface area contributed by atoms with E-state index in [1.165, 1.54) is 48.5 Å². The lowest BCUT2D eigenvalue weighted by Gasteiger charge is -2.10. The molecule has 118 valence electrons. The van der Waals surface area contributed by atoms with Crippen LogP contribution in [0.15, 0.2) is 48.5 Å². The van der Waals surface area contributed by atoms with Gasteiger partial charge < -0.3 is 5.11 Å². The monoisotopic (exact) mass is 316 g/mol. The van der Waals surface area contributed by atoms with Crippen LogP contribution in [-0.4, -0.2) is 20.7 Å². The second-order valence-corrected chi connectivity index (χ2v) is 4.80. The van der Waals surface area contributed by atoms with Crippen molar-refractivity contribution in [1.82, 2.24) is 0 Å². The average molecular weight is 316 g/mol. The van der Waals surface area contributed by atoms with Gasteiger partial charge in [-0.3, -0.25) is 25.0 Å². The number of rotatable bonds is 6. The van der Waals surface area contributed by atoms with Crippen molar-refractivity contribution < 1.29 is 19.7 Å². The Kier molecular flexibility index (Phi) is 4.77. The summed E-state index contributed by atoms with van der Waals surface area (Å²) in [6.45, 7) is 0. The number of nitrogens with zero attached hydrogens (tertiary/aromatic N) is 2. The average Bonchev–Trinajstić information content (AvgIpc) is 2.54. The van der Waals surface area contributed by atoms with E-state index in [1.807, 2.05) is 0 Å². The van der Waals surface area contributed by atoms with Crippen LogP contribution in [0.1, 0.15) is 28.4 Å². The molecule has 1 unspecified atom stereocenters. The van der Waals surface area contributed by atoms with Gasteiger partial charge in [-0.05, 0) is 29.8 Å². The Morgan fingerprint density at radius 1 is 0.913 bits per heavy atom. The molecule has 0 spiro atoms. The van der Waals surface area contributed by atoms with E-state index in [1.54, 1.807) is 0 Å². The maximum Gasteiger partial charge on any atom is 0.269 e. The second kappa shape index (κ2) is 6.75. The minimum Gasteiger partial charge on any atom is -0.388 e. The number of aliphatic hydroxyl groups is 1. The Morgan fingerprint density at radius 3 is 1.78 bits per heavy atom. The smallest absolute Gasteiger partial charge is 0.269 e. The van der Waals surface area contributed by atoms with Gasteiger partial charge in [-0.15, -0.1) is 0 Å². The SMILES string of the molecule is O=C(CC(O)c1ccc([N+](=O)[O-])cc1)c1ccc([N+](=O)[O-])cc1. The van der Waals surface area contributed by atoms with Crippen molar-refractivity contribution in [2.24, 2.45) is 0 Å². The van der Waals surface area contributed by atoms with Gasteiger partial charge in [0.25, 0.3) is 11.4 Å². The first kappa shape index (κ1) is 16.2. The molecule has 2 rings (SSSR count). The van der Waals surface area contributed by atoms with E-state index in [0.717, 1.165) is 0 Å². The summed E-state index contributed by atoms with van der Waals surface area (Å²) >= 11 is 0. The normalized spacial score (nSPS) is 11.7. The molecule has 0 aliphatic heterocycles. The fourth-order valence-electron chi connectivity index (χ4n) is 2.00. The van der Waals surface area contributed by atoms with E-state index in [-0.39, 0.29) is 29.1 Å². The van der Waals surface area contributed by atoms with Crippen molar-refractivity contribution in [3.05, 3.63) is 79.9 Å². The van der Waals surface area contributed by atoms with E-state index < -0.39 is 16.0 Å². The second-order valence-electron chi connectivity index (χ2n) is 4.80. The van der Waals surface area contributed by atoms with Gasteiger partial charge in [0.05, 0.1) is 16.0 Å². The maximum absolute atomic E-state index is 12.0. The molecule has 0 saturated heterocycles. The number of Topliss-reactive ketones (excluding diaryl/α,β-unsaturated/α-hetero) is 1. The lowest BCUT2D eigenvalue weighted by Crippen LogP contribution is -2.07. The highest BCUT2D eigenvalue weighted by molar-refractivity contribution is 5.96. The fraction of sp³-hybridized carbons (Fsp3) is 0.133. The van der Waals surface area contributed by atoms with Crippen LogP contribution in [0.5, 0.6) is 0 Å². The number of carbonyl (C=O) groups excluding carboxylic acids is 1. The van der Waals surface area contributed by atoms with Crippen molar-refractivity contribution in [2.75, 3.05) is 0 Å². The Hall–Kier alpha value is -3.13. The number of nitro benzene ring substituents is 2. The summed E-state index contributed by atoms with van der Waals surface area (Å²) < 4.78 is 0. The predicted octanol–water partition coefficient (Wildman–Crippen LogP) is 2.81. The minimum absolute atomic E-state index is 0.109. The molecule has 23 heavy (non-hydrogen) atoms. The van der Waals surface area contributed by atoms with E-state index in [2.05, 4.69) is 0 Å². The van der Waals surface area contributed by atoms with Gasteiger partial charge in [0.15, 0.2) is 5.78 Å². The lowest BCUT2D eigenvalue weighted by molar-refractivity contribution is -0.385. The molecule has 1 N–H and O–H groups in total. The molecule has 0 fully saturated rings. The molecular weight excluding hydrogens is 304 g/mol. The van der Waals surface area contributed by atoms with E-state index >= 15 is 0 Å². The minimum atomic E-state index is -1.11. The number of hydrogen-bond acceptors (Lipinski definition) is 6. The van der Waals surface area contributed by atoms with Crippen molar-refractivity contribution in [3.8, 4) is 0 Å². The molecular formula is C15H12N2O6. The third kappa shape index (κ3) is 3.95. The third-order valence-electron chi connectivity index (χ3n) is 3.27. The molecule has 0 heterocycles. The lowest BCUT2D eigenvalue weighted by atomic mass is 10.00. The van der Waals surface area contributed by atoms with Crippen LogP contribution in [0.25, 0.3) is 0 Å². The van der Waals surface area contributed by atoms with Crippen LogP contribution >= 0.6 is 0 Å². The number of carbonyl (C=O) groups is 1. The molecule has 1 atom stereocenters. The van der Waals surface area contributed by atoms with Crippen molar-refractivity contribution >= 4 is 17.2 Å². The quantitative estimate of drug-likeness (QED) is 0.496. The van der Waals surface area contributed by atoms with E-state index in [9.17, 15) is 30.1 Å². The zero-order valence-electron chi connectivity index (χ0n) is 11.8. The summed E-state index contributed by atoms with van der Waals surface area (Å²) in [4.78, 5) is 32.0. The highest BCUT2D eigenvalue weighted by Crippen LogP contribution is 2.22. The van der Waals surface area contributed by atoms with E-state index in [0.29, 0.717) is 5.56 Å². The standard InChI is InChI=1S/C15H12N2O6/c18-14(10-1-5-12(6-2-10)16(20)21)9-15(19)11-3-7-13(8-4-11)17(22)23/h1-8,14,18H,9H2. The van der Waals surface area contributed by atoms with Crippen LogP contribution in [0.4, 0.5) is 11.4 Å². The third-order valence-corrected chi connectivity index (χ3v) is 3.27. The maximum atomic E-state index is 12.0. The molecule has 0 amide bonds. The summed E-state index contributed by atoms with van der Waals surface area (Å²) in [6, 6.07) is 10.3. The first-order valence-corrected chi connectivity index (χ1v) is 6.58. The molecule has 2 aromatic rings. The molecule has 0 aromatic heterocycles. The van der Waals surface area contributed by atoms with Gasteiger partial charge in [-0.2, -0.15) is 0 Å². The van der Waals surface area contributed by atoms with Gasteiger partial charge >= 0.3 is 0 Å². The highest BCUT2D eigenvalue weighted by atomic mass is 16.6. The van der Waals surface area contributed by atoms with Gasteiger partial charge in [-0.1, -0.05) is 0 Å². The number of aliphatic hydroxyl groups excluding tert-OH is 1. The molecule has 0 aliphatic rings. The Bertz CT molecular complexity index is 740. The van der Waals surface area contributed by atoms with Gasteiger partial charge in [0.2, 0.25) is 0 Å². The van der Waals surface area contributed by atoms with Crippen molar-refractivity contribution in [1.29, 1.82) is 0 Å². The molecule has 8 nitrogen and oxygen atoms in total. The summed E-state index contributed by atoms with van der Waals surface area (Å²) in [5.41, 5.74) is 0.391. The van der Waals surface area contributed by atoms with Gasteiger partial charge in [-0.25, -0.2) is 0 Å². The van der Waals surface area contributed by atoms with E-state index in [4.69, 9.17) is 0 Å². The van der Waals surface area contributed by atoms with Gasteiger partial charge in [0.1, 0.15) is 0 Å². The molecule has 0 bridgehead atoms. The Balaban J connectivity index is 2.06. The van der Waals surface area contributed by atoms with Crippen LogP contribution in [0.2, 0.25) is 0 Å². The summed E-state index contributed by atoms with van der Waals surface area (Å²) in [5, 5.41) is 31.1. The Labute approximate surface area is 130 Å². The van der Waals surface area contributed by atoms with Gasteiger partial charge in [0, 0.05) is 36.2 Å². The fourth-order valence-corrected chi connectivity index (χ4v) is 2.00. The number of hydrogen-bond donors (Lipinski definition) is 1. The van der Waals surface area contributed by atoms with Crippen molar-refractivity contribution in [3.63, 3.8) is 0 Å². The van der Waals surface area contributed by atoms with Crippen LogP contribution in [0.3, 0.4) is 0 Å². The predicted molar refractivity (Wildman–Crippen MR) is 80.1 cm³/mol. The summed E-state index contributed by atoms with van der Waals surface area (Å²) in [7, 11) is 0. The molecule has 0 radical (unpaired) electrons. The molecule has 2 aromatic carbocycles. The molecule has 0 aliphatic carbocycles. The number of ketones is 1. The molecule has 8 heteroatoms. The number of benzene rings is 2. The largest absolute Gasteiger partial charge is 0.388 e. The zero-order valence-corrected chi connectivity index (χ0v) is 11.8.